The predicted octanol–water partition coefficient (Wildman–Crippen LogP) is 3.19. The fraction of sp³-hybridized carbons (Fsp3) is 0.118. The van der Waals surface area contributed by atoms with Crippen molar-refractivity contribution < 1.29 is 9.53 Å². The summed E-state index contributed by atoms with van der Waals surface area (Å²) in [6.45, 7) is 1.82. The van der Waals surface area contributed by atoms with Crippen LogP contribution in [0.3, 0.4) is 0 Å². The number of thiazole rings is 1. The van der Waals surface area contributed by atoms with E-state index in [0.717, 1.165) is 15.2 Å². The molecule has 0 radical (unpaired) electrons. The zero-order valence-corrected chi connectivity index (χ0v) is 14.1. The van der Waals surface area contributed by atoms with Gasteiger partial charge in [-0.3, -0.25) is 0 Å². The average Bonchev–Trinajstić information content (AvgIpc) is 3.31. The molecule has 8 heteroatoms. The molecule has 2 heterocycles. The van der Waals surface area contributed by atoms with E-state index in [1.165, 1.54) is 22.3 Å². The Bertz CT molecular complexity index is 995. The summed E-state index contributed by atoms with van der Waals surface area (Å²) in [6.07, 6.45) is 1.04. The second-order valence-electron chi connectivity index (χ2n) is 5.37. The van der Waals surface area contributed by atoms with E-state index < -0.39 is 12.1 Å². The highest BCUT2D eigenvalue weighted by Crippen LogP contribution is 2.28. The van der Waals surface area contributed by atoms with Crippen molar-refractivity contribution in [3.05, 3.63) is 65.4 Å². The molecule has 0 saturated carbocycles. The van der Waals surface area contributed by atoms with E-state index in [4.69, 9.17) is 4.74 Å². The van der Waals surface area contributed by atoms with Gasteiger partial charge >= 0.3 is 5.97 Å². The van der Waals surface area contributed by atoms with Gasteiger partial charge in [-0.2, -0.15) is 0 Å². The molecule has 25 heavy (non-hydrogen) atoms. The highest BCUT2D eigenvalue weighted by Gasteiger charge is 2.18. The fourth-order valence-electron chi connectivity index (χ4n) is 2.40. The largest absolute Gasteiger partial charge is 0.452 e. The molecule has 1 atom stereocenters. The molecule has 0 aliphatic rings. The van der Waals surface area contributed by atoms with Crippen LogP contribution in [-0.4, -0.2) is 31.2 Å². The van der Waals surface area contributed by atoms with Crippen molar-refractivity contribution in [1.82, 2.24) is 25.2 Å². The standard InChI is InChI=1S/C17H13N5O2S/c1-11(16-19-14-7-2-3-8-15(14)25-16)24-17(23)12-5-4-6-13(9-12)22-10-18-20-21-22/h2-11H,1H3. The summed E-state index contributed by atoms with van der Waals surface area (Å²) in [6, 6.07) is 14.8. The quantitative estimate of drug-likeness (QED) is 0.525. The third-order valence-corrected chi connectivity index (χ3v) is 4.83. The van der Waals surface area contributed by atoms with Gasteiger partial charge in [0.1, 0.15) is 11.3 Å². The summed E-state index contributed by atoms with van der Waals surface area (Å²) in [4.78, 5) is 17.0. The lowest BCUT2D eigenvalue weighted by atomic mass is 10.2. The van der Waals surface area contributed by atoms with Crippen molar-refractivity contribution >= 4 is 27.5 Å². The Morgan fingerprint density at radius 3 is 2.88 bits per heavy atom. The maximum absolute atomic E-state index is 12.5. The van der Waals surface area contributed by atoms with Crippen LogP contribution in [0, 0.1) is 0 Å². The first-order valence-corrected chi connectivity index (χ1v) is 8.42. The summed E-state index contributed by atoms with van der Waals surface area (Å²) in [5, 5.41) is 11.8. The van der Waals surface area contributed by atoms with Gasteiger partial charge in [0, 0.05) is 0 Å². The van der Waals surface area contributed by atoms with Crippen LogP contribution in [0.2, 0.25) is 0 Å². The topological polar surface area (TPSA) is 82.8 Å². The van der Waals surface area contributed by atoms with Crippen LogP contribution in [-0.2, 0) is 4.74 Å². The van der Waals surface area contributed by atoms with Crippen LogP contribution in [0.15, 0.2) is 54.9 Å². The van der Waals surface area contributed by atoms with Gasteiger partial charge in [0.2, 0.25) is 0 Å². The van der Waals surface area contributed by atoms with Crippen molar-refractivity contribution in [3.8, 4) is 5.69 Å². The summed E-state index contributed by atoms with van der Waals surface area (Å²) >= 11 is 1.52. The van der Waals surface area contributed by atoms with Crippen LogP contribution in [0.25, 0.3) is 15.9 Å². The number of fused-ring (bicyclic) bond motifs is 1. The van der Waals surface area contributed by atoms with Gasteiger partial charge in [-0.25, -0.2) is 14.5 Å². The zero-order chi connectivity index (χ0) is 17.2. The normalized spacial score (nSPS) is 12.2. The van der Waals surface area contributed by atoms with Crippen molar-refractivity contribution in [2.24, 2.45) is 0 Å². The summed E-state index contributed by atoms with van der Waals surface area (Å²) in [5.74, 6) is -0.415. The zero-order valence-electron chi connectivity index (χ0n) is 13.2. The first-order valence-electron chi connectivity index (χ1n) is 7.60. The predicted molar refractivity (Wildman–Crippen MR) is 92.6 cm³/mol. The van der Waals surface area contributed by atoms with E-state index in [1.807, 2.05) is 37.3 Å². The van der Waals surface area contributed by atoms with Crippen LogP contribution in [0.1, 0.15) is 28.4 Å². The van der Waals surface area contributed by atoms with Gasteiger partial charge in [-0.05, 0) is 47.7 Å². The first kappa shape index (κ1) is 15.4. The first-order chi connectivity index (χ1) is 12.2. The molecule has 7 nitrogen and oxygen atoms in total. The average molecular weight is 351 g/mol. The van der Waals surface area contributed by atoms with Gasteiger partial charge in [-0.1, -0.05) is 18.2 Å². The smallest absolute Gasteiger partial charge is 0.338 e. The molecule has 0 bridgehead atoms. The van der Waals surface area contributed by atoms with Crippen molar-refractivity contribution in [2.75, 3.05) is 0 Å². The molecule has 0 spiro atoms. The number of hydrogen-bond donors (Lipinski definition) is 0. The Balaban J connectivity index is 1.54. The van der Waals surface area contributed by atoms with E-state index in [1.54, 1.807) is 18.2 Å². The number of tetrazole rings is 1. The number of esters is 1. The molecule has 4 aromatic rings. The Kier molecular flexibility index (Phi) is 3.95. The summed E-state index contributed by atoms with van der Waals surface area (Å²) < 4.78 is 8.12. The molecule has 0 N–H and O–H groups in total. The van der Waals surface area contributed by atoms with Crippen LogP contribution < -0.4 is 0 Å². The molecule has 4 rings (SSSR count). The molecule has 0 amide bonds. The van der Waals surface area contributed by atoms with E-state index in [0.29, 0.717) is 11.3 Å². The minimum Gasteiger partial charge on any atom is -0.452 e. The monoisotopic (exact) mass is 351 g/mol. The third-order valence-electron chi connectivity index (χ3n) is 3.64. The second-order valence-corrected chi connectivity index (χ2v) is 6.43. The number of carbonyl (C=O) groups is 1. The van der Waals surface area contributed by atoms with E-state index >= 15 is 0 Å². The molecule has 0 aliphatic heterocycles. The molecular weight excluding hydrogens is 338 g/mol. The highest BCUT2D eigenvalue weighted by molar-refractivity contribution is 7.18. The number of aromatic nitrogens is 5. The molecule has 2 aromatic heterocycles. The van der Waals surface area contributed by atoms with Crippen LogP contribution in [0.5, 0.6) is 0 Å². The van der Waals surface area contributed by atoms with Gasteiger partial charge in [0.05, 0.1) is 21.5 Å². The maximum atomic E-state index is 12.5. The van der Waals surface area contributed by atoms with Gasteiger partial charge in [0.15, 0.2) is 6.10 Å². The van der Waals surface area contributed by atoms with Crippen molar-refractivity contribution in [1.29, 1.82) is 0 Å². The van der Waals surface area contributed by atoms with E-state index in [-0.39, 0.29) is 0 Å². The number of benzene rings is 2. The lowest BCUT2D eigenvalue weighted by Gasteiger charge is -2.11. The third kappa shape index (κ3) is 3.11. The Morgan fingerprint density at radius 1 is 1.20 bits per heavy atom. The minimum absolute atomic E-state index is 0.415. The van der Waals surface area contributed by atoms with Gasteiger partial charge in [-0.15, -0.1) is 16.4 Å². The maximum Gasteiger partial charge on any atom is 0.338 e. The Labute approximate surface area is 146 Å². The number of ether oxygens (including phenoxy) is 1. The molecule has 0 fully saturated rings. The fourth-order valence-corrected chi connectivity index (χ4v) is 3.35. The summed E-state index contributed by atoms with van der Waals surface area (Å²) in [5.41, 5.74) is 2.03. The molecule has 2 aromatic carbocycles. The molecule has 0 aliphatic carbocycles. The molecular formula is C17H13N5O2S. The molecule has 124 valence electrons. The van der Waals surface area contributed by atoms with Crippen LogP contribution >= 0.6 is 11.3 Å². The molecule has 0 saturated heterocycles. The van der Waals surface area contributed by atoms with E-state index in [2.05, 4.69) is 20.5 Å². The van der Waals surface area contributed by atoms with Crippen LogP contribution in [0.4, 0.5) is 0 Å². The van der Waals surface area contributed by atoms with Crippen molar-refractivity contribution in [3.63, 3.8) is 0 Å². The van der Waals surface area contributed by atoms with Crippen molar-refractivity contribution in [2.45, 2.75) is 13.0 Å². The Hall–Kier alpha value is -3.13. The number of rotatable bonds is 4. The second kappa shape index (κ2) is 6.40. The Morgan fingerprint density at radius 2 is 2.08 bits per heavy atom. The number of carbonyl (C=O) groups excluding carboxylic acids is 1. The SMILES string of the molecule is CC(OC(=O)c1cccc(-n2cnnn2)c1)c1nc2ccccc2s1. The van der Waals surface area contributed by atoms with Gasteiger partial charge < -0.3 is 4.74 Å². The number of hydrogen-bond acceptors (Lipinski definition) is 7. The van der Waals surface area contributed by atoms with E-state index in [9.17, 15) is 4.79 Å². The minimum atomic E-state index is -0.429. The lowest BCUT2D eigenvalue weighted by molar-refractivity contribution is 0.0337. The lowest BCUT2D eigenvalue weighted by Crippen LogP contribution is -2.09. The number of nitrogens with zero attached hydrogens (tertiary/aromatic N) is 5. The van der Waals surface area contributed by atoms with Gasteiger partial charge in [0.25, 0.3) is 0 Å². The highest BCUT2D eigenvalue weighted by atomic mass is 32.1. The molecule has 1 unspecified atom stereocenters. The summed E-state index contributed by atoms with van der Waals surface area (Å²) in [7, 11) is 0. The number of para-hydroxylation sites is 1.